The van der Waals surface area contributed by atoms with Crippen LogP contribution in [0.4, 0.5) is 5.69 Å². The summed E-state index contributed by atoms with van der Waals surface area (Å²) in [5.74, 6) is -1.12. The highest BCUT2D eigenvalue weighted by Gasteiger charge is 2.10. The Labute approximate surface area is 155 Å². The minimum Gasteiger partial charge on any atom is -0.465 e. The highest BCUT2D eigenvalue weighted by molar-refractivity contribution is 6.34. The van der Waals surface area contributed by atoms with Gasteiger partial charge < -0.3 is 15.4 Å². The molecule has 2 N–H and O–H groups in total. The maximum absolute atomic E-state index is 12.1. The number of carbonyl (C=O) groups is 3. The van der Waals surface area contributed by atoms with Gasteiger partial charge in [0, 0.05) is 18.7 Å². The van der Waals surface area contributed by atoms with E-state index in [-0.39, 0.29) is 11.5 Å². The Balaban J connectivity index is 2.07. The van der Waals surface area contributed by atoms with Gasteiger partial charge in [-0.2, -0.15) is 0 Å². The molecular weight excluding hydrogens is 356 g/mol. The monoisotopic (exact) mass is 372 g/mol. The molecule has 6 nitrogen and oxygen atoms in total. The smallest absolute Gasteiger partial charge is 0.337 e. The lowest BCUT2D eigenvalue weighted by atomic mass is 10.1. The standard InChI is InChI=1S/C19H17ClN2O4/c1-21-18(24)13-6-3-12(4-7-13)5-10-17(23)22-16-11-14(19(25)26-2)8-9-15(16)20/h3-11H,1-2H3,(H,21,24)(H,22,23)/b10-5+. The zero-order valence-corrected chi connectivity index (χ0v) is 15.0. The van der Waals surface area contributed by atoms with E-state index < -0.39 is 11.9 Å². The molecule has 7 heteroatoms. The van der Waals surface area contributed by atoms with Crippen molar-refractivity contribution in [2.75, 3.05) is 19.5 Å². The van der Waals surface area contributed by atoms with Crippen molar-refractivity contribution in [2.45, 2.75) is 0 Å². The van der Waals surface area contributed by atoms with Gasteiger partial charge in [0.25, 0.3) is 5.91 Å². The predicted molar refractivity (Wildman–Crippen MR) is 100 cm³/mol. The average molecular weight is 373 g/mol. The number of anilines is 1. The minimum atomic E-state index is -0.524. The van der Waals surface area contributed by atoms with Gasteiger partial charge in [-0.3, -0.25) is 9.59 Å². The molecule has 0 aliphatic rings. The Morgan fingerprint density at radius 3 is 2.31 bits per heavy atom. The Morgan fingerprint density at radius 2 is 1.69 bits per heavy atom. The van der Waals surface area contributed by atoms with Crippen LogP contribution in [0.1, 0.15) is 26.3 Å². The van der Waals surface area contributed by atoms with E-state index >= 15 is 0 Å². The van der Waals surface area contributed by atoms with Crippen LogP contribution in [0.2, 0.25) is 5.02 Å². The fourth-order valence-electron chi connectivity index (χ4n) is 2.10. The van der Waals surface area contributed by atoms with Crippen molar-refractivity contribution in [2.24, 2.45) is 0 Å². The second-order valence-electron chi connectivity index (χ2n) is 5.21. The number of esters is 1. The number of halogens is 1. The molecule has 0 bridgehead atoms. The fraction of sp³-hybridized carbons (Fsp3) is 0.105. The third-order valence-electron chi connectivity index (χ3n) is 3.47. The second-order valence-corrected chi connectivity index (χ2v) is 5.62. The molecule has 0 saturated heterocycles. The molecule has 0 unspecified atom stereocenters. The van der Waals surface area contributed by atoms with Crippen molar-refractivity contribution in [3.8, 4) is 0 Å². The van der Waals surface area contributed by atoms with E-state index in [4.69, 9.17) is 11.6 Å². The zero-order chi connectivity index (χ0) is 19.1. The van der Waals surface area contributed by atoms with Crippen LogP contribution in [0.25, 0.3) is 6.08 Å². The van der Waals surface area contributed by atoms with Gasteiger partial charge in [0.2, 0.25) is 5.91 Å². The molecule has 0 atom stereocenters. The largest absolute Gasteiger partial charge is 0.465 e. The summed E-state index contributed by atoms with van der Waals surface area (Å²) in [5.41, 5.74) is 1.86. The number of hydrogen-bond donors (Lipinski definition) is 2. The van der Waals surface area contributed by atoms with Crippen molar-refractivity contribution < 1.29 is 19.1 Å². The number of hydrogen-bond acceptors (Lipinski definition) is 4. The van der Waals surface area contributed by atoms with Gasteiger partial charge in [0.05, 0.1) is 23.4 Å². The number of carbonyl (C=O) groups excluding carboxylic acids is 3. The van der Waals surface area contributed by atoms with E-state index in [9.17, 15) is 14.4 Å². The summed E-state index contributed by atoms with van der Waals surface area (Å²) in [7, 11) is 2.83. The summed E-state index contributed by atoms with van der Waals surface area (Å²) in [6, 6.07) is 11.2. The van der Waals surface area contributed by atoms with Crippen LogP contribution < -0.4 is 10.6 Å². The Morgan fingerprint density at radius 1 is 1.04 bits per heavy atom. The first kappa shape index (κ1) is 19.2. The number of methoxy groups -OCH3 is 1. The van der Waals surface area contributed by atoms with Gasteiger partial charge in [-0.15, -0.1) is 0 Å². The lowest BCUT2D eigenvalue weighted by molar-refractivity contribution is -0.111. The number of benzene rings is 2. The van der Waals surface area contributed by atoms with Gasteiger partial charge in [0.1, 0.15) is 0 Å². The van der Waals surface area contributed by atoms with Crippen LogP contribution in [0, 0.1) is 0 Å². The topological polar surface area (TPSA) is 84.5 Å². The van der Waals surface area contributed by atoms with E-state index in [1.54, 1.807) is 37.4 Å². The molecule has 2 rings (SSSR count). The molecule has 0 radical (unpaired) electrons. The van der Waals surface area contributed by atoms with Crippen LogP contribution >= 0.6 is 11.6 Å². The fourth-order valence-corrected chi connectivity index (χ4v) is 2.27. The molecule has 0 aliphatic carbocycles. The molecule has 134 valence electrons. The first-order valence-corrected chi connectivity index (χ1v) is 8.01. The maximum Gasteiger partial charge on any atom is 0.337 e. The molecule has 0 spiro atoms. The van der Waals surface area contributed by atoms with E-state index in [1.165, 1.54) is 31.4 Å². The third-order valence-corrected chi connectivity index (χ3v) is 3.80. The number of rotatable bonds is 5. The SMILES string of the molecule is CNC(=O)c1ccc(/C=C/C(=O)Nc2cc(C(=O)OC)ccc2Cl)cc1. The van der Waals surface area contributed by atoms with E-state index in [1.807, 2.05) is 0 Å². The zero-order valence-electron chi connectivity index (χ0n) is 14.2. The summed E-state index contributed by atoms with van der Waals surface area (Å²) >= 11 is 6.04. The number of amides is 2. The van der Waals surface area contributed by atoms with Crippen LogP contribution in [-0.2, 0) is 9.53 Å². The second kappa shape index (κ2) is 8.82. The van der Waals surface area contributed by atoms with Crippen LogP contribution in [0.3, 0.4) is 0 Å². The Hall–Kier alpha value is -3.12. The molecule has 0 fully saturated rings. The van der Waals surface area contributed by atoms with Gasteiger partial charge in [-0.05, 0) is 42.0 Å². The Bertz CT molecular complexity index is 860. The molecule has 2 amide bonds. The molecule has 0 heterocycles. The summed E-state index contributed by atoms with van der Waals surface area (Å²) in [4.78, 5) is 35.1. The molecule has 0 aliphatic heterocycles. The molecule has 2 aromatic carbocycles. The molecule has 2 aromatic rings. The first-order valence-electron chi connectivity index (χ1n) is 7.63. The summed E-state index contributed by atoms with van der Waals surface area (Å²) in [6.45, 7) is 0. The molecule has 0 saturated carbocycles. The van der Waals surface area contributed by atoms with Crippen LogP contribution in [0.5, 0.6) is 0 Å². The number of nitrogens with one attached hydrogen (secondary N) is 2. The van der Waals surface area contributed by atoms with E-state index in [0.717, 1.165) is 5.56 Å². The average Bonchev–Trinajstić information content (AvgIpc) is 2.67. The van der Waals surface area contributed by atoms with Gasteiger partial charge >= 0.3 is 5.97 Å². The highest BCUT2D eigenvalue weighted by Crippen LogP contribution is 2.23. The molecule has 26 heavy (non-hydrogen) atoms. The summed E-state index contributed by atoms with van der Waals surface area (Å²) in [6.07, 6.45) is 2.93. The van der Waals surface area contributed by atoms with Gasteiger partial charge in [0.15, 0.2) is 0 Å². The highest BCUT2D eigenvalue weighted by atomic mass is 35.5. The minimum absolute atomic E-state index is 0.182. The van der Waals surface area contributed by atoms with Crippen molar-refractivity contribution in [3.05, 3.63) is 70.3 Å². The van der Waals surface area contributed by atoms with E-state index in [2.05, 4.69) is 15.4 Å². The molecular formula is C19H17ClN2O4. The van der Waals surface area contributed by atoms with Crippen molar-refractivity contribution in [1.29, 1.82) is 0 Å². The maximum atomic E-state index is 12.1. The van der Waals surface area contributed by atoms with Crippen LogP contribution in [-0.4, -0.2) is 31.9 Å². The lowest BCUT2D eigenvalue weighted by Crippen LogP contribution is -2.17. The quantitative estimate of drug-likeness (QED) is 0.623. The van der Waals surface area contributed by atoms with Gasteiger partial charge in [-0.1, -0.05) is 23.7 Å². The normalized spacial score (nSPS) is 10.4. The predicted octanol–water partition coefficient (Wildman–Crippen LogP) is 3.14. The van der Waals surface area contributed by atoms with Crippen molar-refractivity contribution in [1.82, 2.24) is 5.32 Å². The summed E-state index contributed by atoms with van der Waals surface area (Å²) < 4.78 is 4.64. The van der Waals surface area contributed by atoms with Crippen molar-refractivity contribution >= 4 is 41.1 Å². The van der Waals surface area contributed by atoms with E-state index in [0.29, 0.717) is 16.3 Å². The van der Waals surface area contributed by atoms with Crippen LogP contribution in [0.15, 0.2) is 48.5 Å². The number of ether oxygens (including phenoxy) is 1. The molecule has 0 aromatic heterocycles. The first-order chi connectivity index (χ1) is 12.4. The Kier molecular flexibility index (Phi) is 6.52. The van der Waals surface area contributed by atoms with Crippen molar-refractivity contribution in [3.63, 3.8) is 0 Å². The third kappa shape index (κ3) is 4.94. The lowest BCUT2D eigenvalue weighted by Gasteiger charge is -2.07. The van der Waals surface area contributed by atoms with Gasteiger partial charge in [-0.25, -0.2) is 4.79 Å². The summed E-state index contributed by atoms with van der Waals surface area (Å²) in [5, 5.41) is 5.44.